The molecule has 0 bridgehead atoms. The lowest BCUT2D eigenvalue weighted by molar-refractivity contribution is -0.123. The maximum absolute atomic E-state index is 13.1. The van der Waals surface area contributed by atoms with Gasteiger partial charge < -0.3 is 10.1 Å². The van der Waals surface area contributed by atoms with Crippen LogP contribution in [0, 0.1) is 6.92 Å². The fraction of sp³-hybridized carbons (Fsp3) is 0.318. The molecule has 2 aliphatic rings. The summed E-state index contributed by atoms with van der Waals surface area (Å²) in [6, 6.07) is 8.45. The third-order valence-electron chi connectivity index (χ3n) is 5.56. The molecule has 32 heavy (non-hydrogen) atoms. The van der Waals surface area contributed by atoms with Crippen LogP contribution in [0.25, 0.3) is 0 Å². The fourth-order valence-corrected chi connectivity index (χ4v) is 4.18. The number of methoxy groups -OCH3 is 1. The molecule has 166 valence electrons. The predicted octanol–water partition coefficient (Wildman–Crippen LogP) is 3.15. The van der Waals surface area contributed by atoms with Gasteiger partial charge in [-0.15, -0.1) is 0 Å². The average Bonchev–Trinajstić information content (AvgIpc) is 3.29. The molecule has 2 heterocycles. The van der Waals surface area contributed by atoms with E-state index in [-0.39, 0.29) is 17.5 Å². The second-order valence-electron chi connectivity index (χ2n) is 7.53. The van der Waals surface area contributed by atoms with Crippen LogP contribution in [0.5, 0.6) is 5.75 Å². The number of hydrogen-bond donors (Lipinski definition) is 1. The van der Waals surface area contributed by atoms with Crippen LogP contribution in [-0.4, -0.2) is 48.5 Å². The molecule has 0 aromatic heterocycles. The van der Waals surface area contributed by atoms with Crippen molar-refractivity contribution in [3.63, 3.8) is 0 Å². The number of nitrogens with zero attached hydrogens (tertiary/aromatic N) is 4. The minimum absolute atomic E-state index is 0.210. The van der Waals surface area contributed by atoms with E-state index in [4.69, 9.17) is 16.3 Å². The number of fused-ring (bicyclic) bond motifs is 1. The van der Waals surface area contributed by atoms with E-state index in [1.54, 1.807) is 12.1 Å². The smallest absolute Gasteiger partial charge is 0.263 e. The molecule has 1 fully saturated rings. The third-order valence-corrected chi connectivity index (χ3v) is 5.86. The number of hydrogen-bond acceptors (Lipinski definition) is 7. The Hall–Kier alpha value is -3.46. The molecule has 0 aliphatic carbocycles. The van der Waals surface area contributed by atoms with Gasteiger partial charge in [-0.25, -0.2) is 4.90 Å². The molecule has 0 unspecified atom stereocenters. The normalized spacial score (nSPS) is 19.5. The highest BCUT2D eigenvalue weighted by Crippen LogP contribution is 2.35. The van der Waals surface area contributed by atoms with Crippen molar-refractivity contribution in [3.8, 4) is 5.75 Å². The standard InChI is InChI=1S/C22H22ClN5O4/c1-4-13-7-5-6-12(2)18(13)24-17(29)11-27-20-19(25-26-27)21(30)28(22(20)31)14-8-9-16(32-3)15(23)10-14/h5-10,19-20H,4,11H2,1-3H3,(H,24,29)/t19-,20-/m1/s1. The highest BCUT2D eigenvalue weighted by Gasteiger charge is 2.55. The number of para-hydroxylation sites is 1. The lowest BCUT2D eigenvalue weighted by atomic mass is 10.1. The van der Waals surface area contributed by atoms with Crippen LogP contribution in [0.1, 0.15) is 18.1 Å². The summed E-state index contributed by atoms with van der Waals surface area (Å²) in [6.07, 6.45) is 0.762. The highest BCUT2D eigenvalue weighted by molar-refractivity contribution is 6.33. The maximum atomic E-state index is 13.1. The quantitative estimate of drug-likeness (QED) is 0.674. The van der Waals surface area contributed by atoms with E-state index < -0.39 is 23.9 Å². The van der Waals surface area contributed by atoms with Crippen molar-refractivity contribution in [3.05, 3.63) is 52.5 Å². The van der Waals surface area contributed by atoms with Crippen molar-refractivity contribution < 1.29 is 19.1 Å². The van der Waals surface area contributed by atoms with Crippen LogP contribution in [0.2, 0.25) is 5.02 Å². The largest absolute Gasteiger partial charge is 0.495 e. The van der Waals surface area contributed by atoms with Crippen molar-refractivity contribution in [2.45, 2.75) is 32.4 Å². The first kappa shape index (κ1) is 21.8. The van der Waals surface area contributed by atoms with Crippen LogP contribution < -0.4 is 15.0 Å². The van der Waals surface area contributed by atoms with Gasteiger partial charge in [-0.1, -0.05) is 41.9 Å². The molecule has 3 amide bonds. The number of benzene rings is 2. The van der Waals surface area contributed by atoms with E-state index in [0.717, 1.165) is 28.1 Å². The van der Waals surface area contributed by atoms with Crippen molar-refractivity contribution in [1.29, 1.82) is 0 Å². The van der Waals surface area contributed by atoms with Crippen LogP contribution in [0.4, 0.5) is 11.4 Å². The van der Waals surface area contributed by atoms with Gasteiger partial charge in [-0.3, -0.25) is 19.4 Å². The monoisotopic (exact) mass is 455 g/mol. The first-order valence-electron chi connectivity index (χ1n) is 10.1. The molecule has 9 nitrogen and oxygen atoms in total. The Labute approximate surface area is 190 Å². The summed E-state index contributed by atoms with van der Waals surface area (Å²) >= 11 is 6.16. The predicted molar refractivity (Wildman–Crippen MR) is 119 cm³/mol. The summed E-state index contributed by atoms with van der Waals surface area (Å²) in [5.74, 6) is -0.945. The van der Waals surface area contributed by atoms with Gasteiger partial charge >= 0.3 is 0 Å². The Morgan fingerprint density at radius 2 is 2.00 bits per heavy atom. The van der Waals surface area contributed by atoms with Gasteiger partial charge in [0.1, 0.15) is 12.3 Å². The summed E-state index contributed by atoms with van der Waals surface area (Å²) in [7, 11) is 1.47. The lowest BCUT2D eigenvalue weighted by Gasteiger charge is -2.21. The van der Waals surface area contributed by atoms with E-state index in [2.05, 4.69) is 15.7 Å². The van der Waals surface area contributed by atoms with Crippen LogP contribution in [0.15, 0.2) is 46.7 Å². The van der Waals surface area contributed by atoms with Gasteiger partial charge in [0, 0.05) is 5.69 Å². The summed E-state index contributed by atoms with van der Waals surface area (Å²) in [5, 5.41) is 12.3. The topological polar surface area (TPSA) is 104 Å². The molecule has 0 saturated carbocycles. The third kappa shape index (κ3) is 3.69. The second kappa shape index (κ2) is 8.58. The molecule has 1 N–H and O–H groups in total. The van der Waals surface area contributed by atoms with E-state index in [9.17, 15) is 14.4 Å². The summed E-state index contributed by atoms with van der Waals surface area (Å²) in [5.41, 5.74) is 3.01. The van der Waals surface area contributed by atoms with Crippen LogP contribution in [0.3, 0.4) is 0 Å². The van der Waals surface area contributed by atoms with Crippen molar-refractivity contribution in [1.82, 2.24) is 5.01 Å². The zero-order valence-corrected chi connectivity index (χ0v) is 18.6. The minimum Gasteiger partial charge on any atom is -0.495 e. The number of rotatable bonds is 6. The highest BCUT2D eigenvalue weighted by atomic mass is 35.5. The average molecular weight is 456 g/mol. The summed E-state index contributed by atoms with van der Waals surface area (Å²) in [4.78, 5) is 39.7. The van der Waals surface area contributed by atoms with E-state index in [1.165, 1.54) is 18.2 Å². The molecular weight excluding hydrogens is 434 g/mol. The number of aryl methyl sites for hydroxylation is 2. The van der Waals surface area contributed by atoms with Gasteiger partial charge in [0.15, 0.2) is 12.1 Å². The molecule has 2 aromatic carbocycles. The number of anilines is 2. The van der Waals surface area contributed by atoms with Gasteiger partial charge in [0.25, 0.3) is 11.8 Å². The molecule has 0 radical (unpaired) electrons. The maximum Gasteiger partial charge on any atom is 0.263 e. The zero-order chi connectivity index (χ0) is 23.0. The van der Waals surface area contributed by atoms with Crippen LogP contribution >= 0.6 is 11.6 Å². The van der Waals surface area contributed by atoms with Gasteiger partial charge in [-0.05, 0) is 42.7 Å². The number of amides is 3. The second-order valence-corrected chi connectivity index (χ2v) is 7.94. The van der Waals surface area contributed by atoms with Gasteiger partial charge in [0.2, 0.25) is 5.91 Å². The van der Waals surface area contributed by atoms with Crippen molar-refractivity contribution in [2.24, 2.45) is 10.3 Å². The minimum atomic E-state index is -0.999. The molecule has 2 aromatic rings. The lowest BCUT2D eigenvalue weighted by Crippen LogP contribution is -2.43. The van der Waals surface area contributed by atoms with E-state index in [1.807, 2.05) is 32.0 Å². The van der Waals surface area contributed by atoms with E-state index >= 15 is 0 Å². The first-order chi connectivity index (χ1) is 15.3. The Kier molecular flexibility index (Phi) is 5.84. The molecular formula is C22H22ClN5O4. The summed E-state index contributed by atoms with van der Waals surface area (Å²) in [6.45, 7) is 3.71. The SMILES string of the molecule is CCc1cccc(C)c1NC(=O)CN1N=N[C@H]2C(=O)N(c3ccc(OC)c(Cl)c3)C(=O)[C@@H]21. The van der Waals surface area contributed by atoms with Gasteiger partial charge in [0.05, 0.1) is 17.8 Å². The fourth-order valence-electron chi connectivity index (χ4n) is 3.93. The Morgan fingerprint density at radius 1 is 1.22 bits per heavy atom. The zero-order valence-electron chi connectivity index (χ0n) is 17.8. The van der Waals surface area contributed by atoms with Crippen molar-refractivity contribution >= 4 is 40.7 Å². The molecule has 0 spiro atoms. The molecule has 4 rings (SSSR count). The van der Waals surface area contributed by atoms with E-state index in [0.29, 0.717) is 11.4 Å². The van der Waals surface area contributed by atoms with Crippen LogP contribution in [-0.2, 0) is 20.8 Å². The Morgan fingerprint density at radius 3 is 2.69 bits per heavy atom. The number of carbonyl (C=O) groups excluding carboxylic acids is 3. The number of imide groups is 1. The number of carbonyl (C=O) groups is 3. The summed E-state index contributed by atoms with van der Waals surface area (Å²) < 4.78 is 5.12. The number of ether oxygens (including phenoxy) is 1. The number of halogens is 1. The molecule has 10 heteroatoms. The Balaban J connectivity index is 1.51. The van der Waals surface area contributed by atoms with Crippen molar-refractivity contribution in [2.75, 3.05) is 23.9 Å². The molecule has 2 atom stereocenters. The Bertz CT molecular complexity index is 1140. The molecule has 1 saturated heterocycles. The number of nitrogens with one attached hydrogen (secondary N) is 1. The van der Waals surface area contributed by atoms with Gasteiger partial charge in [-0.2, -0.15) is 5.11 Å². The molecule has 2 aliphatic heterocycles. The first-order valence-corrected chi connectivity index (χ1v) is 10.5.